The van der Waals surface area contributed by atoms with Crippen LogP contribution >= 0.6 is 0 Å². The maximum atomic E-state index is 8.93. The lowest BCUT2D eigenvalue weighted by Gasteiger charge is -2.09. The van der Waals surface area contributed by atoms with Crippen LogP contribution in [0.1, 0.15) is 0 Å². The molecular formula is C5H10O5. The van der Waals surface area contributed by atoms with Gasteiger partial charge in [0.25, 0.3) is 0 Å². The first-order valence-corrected chi connectivity index (χ1v) is 2.97. The minimum Gasteiger partial charge on any atom is -0.394 e. The quantitative estimate of drug-likeness (QED) is 0.329. The predicted octanol–water partition coefficient (Wildman–Crippen LogP) is -2.58. The van der Waals surface area contributed by atoms with Crippen molar-refractivity contribution in [1.29, 1.82) is 0 Å². The molecule has 0 saturated carbocycles. The van der Waals surface area contributed by atoms with Gasteiger partial charge in [0.05, 0.1) is 6.61 Å². The van der Waals surface area contributed by atoms with E-state index in [2.05, 4.69) is 4.74 Å². The highest BCUT2D eigenvalue weighted by molar-refractivity contribution is 4.84. The van der Waals surface area contributed by atoms with Crippen molar-refractivity contribution in [3.05, 3.63) is 0 Å². The van der Waals surface area contributed by atoms with Crippen molar-refractivity contribution < 1.29 is 25.2 Å². The highest BCUT2D eigenvalue weighted by Gasteiger charge is 2.41. The summed E-state index contributed by atoms with van der Waals surface area (Å²) in [6, 6.07) is 0. The van der Waals surface area contributed by atoms with Crippen LogP contribution in [0.25, 0.3) is 0 Å². The Hall–Kier alpha value is -0.200. The minimum atomic E-state index is -1.38. The van der Waals surface area contributed by atoms with Crippen LogP contribution in [0.4, 0.5) is 0 Å². The third kappa shape index (κ3) is 1.14. The fourth-order valence-electron chi connectivity index (χ4n) is 0.880. The van der Waals surface area contributed by atoms with Gasteiger partial charge >= 0.3 is 0 Å². The van der Waals surface area contributed by atoms with Crippen molar-refractivity contribution in [3.8, 4) is 0 Å². The summed E-state index contributed by atoms with van der Waals surface area (Å²) in [4.78, 5) is 0. The van der Waals surface area contributed by atoms with E-state index < -0.39 is 31.2 Å². The molecule has 10 heavy (non-hydrogen) atoms. The summed E-state index contributed by atoms with van der Waals surface area (Å²) in [5, 5.41) is 35.0. The van der Waals surface area contributed by atoms with E-state index in [0.717, 1.165) is 0 Å². The second-order valence-corrected chi connectivity index (χ2v) is 2.23. The minimum absolute atomic E-state index is 0.407. The molecule has 4 atom stereocenters. The number of hydrogen-bond donors (Lipinski definition) is 4. The molecule has 0 amide bonds. The third-order valence-electron chi connectivity index (χ3n) is 1.52. The van der Waals surface area contributed by atoms with Crippen molar-refractivity contribution in [2.45, 2.75) is 24.6 Å². The molecule has 4 N–H and O–H groups in total. The van der Waals surface area contributed by atoms with E-state index in [1.807, 2.05) is 0 Å². The van der Waals surface area contributed by atoms with Gasteiger partial charge in [-0.2, -0.15) is 0 Å². The average Bonchev–Trinajstić information content (AvgIpc) is 2.17. The normalized spacial score (nSPS) is 48.0. The maximum absolute atomic E-state index is 8.93. The molecule has 0 aromatic carbocycles. The van der Waals surface area contributed by atoms with Crippen LogP contribution < -0.4 is 0 Å². The standard InChI is InChI=1S/C5H10O5/c6-1-2-3(7)4(8)5(9)10-2/h2-9H,1H2/t2?,3?,4-,5?/m1/s1. The maximum Gasteiger partial charge on any atom is 0.184 e. The van der Waals surface area contributed by atoms with Crippen LogP contribution in [0.15, 0.2) is 0 Å². The summed E-state index contributed by atoms with van der Waals surface area (Å²) < 4.78 is 4.54. The summed E-state index contributed by atoms with van der Waals surface area (Å²) in [6.45, 7) is -0.407. The Balaban J connectivity index is 2.53. The zero-order chi connectivity index (χ0) is 7.72. The Bertz CT molecular complexity index is 117. The Kier molecular flexibility index (Phi) is 2.22. The average molecular weight is 150 g/mol. The van der Waals surface area contributed by atoms with Crippen LogP contribution in [0.2, 0.25) is 0 Å². The van der Waals surface area contributed by atoms with Crippen LogP contribution in [0.3, 0.4) is 0 Å². The molecule has 0 aromatic rings. The highest BCUT2D eigenvalue weighted by atomic mass is 16.6. The van der Waals surface area contributed by atoms with E-state index in [-0.39, 0.29) is 0 Å². The second-order valence-electron chi connectivity index (χ2n) is 2.23. The largest absolute Gasteiger partial charge is 0.394 e. The summed E-state index contributed by atoms with van der Waals surface area (Å²) in [7, 11) is 0. The van der Waals surface area contributed by atoms with Gasteiger partial charge < -0.3 is 25.2 Å². The molecule has 60 valence electrons. The van der Waals surface area contributed by atoms with Gasteiger partial charge in [0.1, 0.15) is 18.3 Å². The van der Waals surface area contributed by atoms with Crippen LogP contribution in [0.5, 0.6) is 0 Å². The van der Waals surface area contributed by atoms with Gasteiger partial charge in [0, 0.05) is 0 Å². The molecule has 5 nitrogen and oxygen atoms in total. The second kappa shape index (κ2) is 2.81. The molecule has 1 rings (SSSR count). The smallest absolute Gasteiger partial charge is 0.184 e. The first-order valence-electron chi connectivity index (χ1n) is 2.97. The van der Waals surface area contributed by atoms with E-state index >= 15 is 0 Å². The zero-order valence-electron chi connectivity index (χ0n) is 5.21. The monoisotopic (exact) mass is 150 g/mol. The van der Waals surface area contributed by atoms with Gasteiger partial charge in [-0.3, -0.25) is 0 Å². The van der Waals surface area contributed by atoms with E-state index in [4.69, 9.17) is 20.4 Å². The number of hydrogen-bond acceptors (Lipinski definition) is 5. The topological polar surface area (TPSA) is 90.2 Å². The first-order chi connectivity index (χ1) is 4.66. The molecule has 1 aliphatic heterocycles. The van der Waals surface area contributed by atoms with Gasteiger partial charge in [-0.15, -0.1) is 0 Å². The van der Waals surface area contributed by atoms with Crippen molar-refractivity contribution in [2.75, 3.05) is 6.61 Å². The van der Waals surface area contributed by atoms with Gasteiger partial charge in [-0.25, -0.2) is 0 Å². The molecule has 0 aliphatic carbocycles. The van der Waals surface area contributed by atoms with Crippen LogP contribution in [-0.2, 0) is 4.74 Å². The van der Waals surface area contributed by atoms with Crippen molar-refractivity contribution in [1.82, 2.24) is 0 Å². The molecular weight excluding hydrogens is 140 g/mol. The molecule has 1 saturated heterocycles. The molecule has 1 heterocycles. The van der Waals surface area contributed by atoms with Gasteiger partial charge in [0.15, 0.2) is 6.29 Å². The Labute approximate surface area is 57.5 Å². The molecule has 3 unspecified atom stereocenters. The SMILES string of the molecule is OCC1OC(O)[C@H](O)C1O. The Morgan fingerprint density at radius 1 is 1.10 bits per heavy atom. The fourth-order valence-corrected chi connectivity index (χ4v) is 0.880. The molecule has 5 heteroatoms. The number of aliphatic hydroxyl groups is 4. The lowest BCUT2D eigenvalue weighted by Crippen LogP contribution is -2.33. The number of ether oxygens (including phenoxy) is 1. The third-order valence-corrected chi connectivity index (χ3v) is 1.52. The molecule has 1 aliphatic rings. The summed E-state index contributed by atoms with van der Waals surface area (Å²) in [5.74, 6) is 0. The van der Waals surface area contributed by atoms with E-state index in [1.54, 1.807) is 0 Å². The lowest BCUT2D eigenvalue weighted by atomic mass is 10.1. The molecule has 0 radical (unpaired) electrons. The van der Waals surface area contributed by atoms with E-state index in [0.29, 0.717) is 0 Å². The van der Waals surface area contributed by atoms with E-state index in [1.165, 1.54) is 0 Å². The highest BCUT2D eigenvalue weighted by Crippen LogP contribution is 2.18. The first kappa shape index (κ1) is 7.90. The summed E-state index contributed by atoms with van der Waals surface area (Å²) >= 11 is 0. The summed E-state index contributed by atoms with van der Waals surface area (Å²) in [6.07, 6.45) is -4.76. The van der Waals surface area contributed by atoms with Crippen LogP contribution in [0, 0.1) is 0 Å². The summed E-state index contributed by atoms with van der Waals surface area (Å²) in [5.41, 5.74) is 0. The zero-order valence-corrected chi connectivity index (χ0v) is 5.21. The van der Waals surface area contributed by atoms with Crippen molar-refractivity contribution in [2.24, 2.45) is 0 Å². The molecule has 0 aromatic heterocycles. The van der Waals surface area contributed by atoms with E-state index in [9.17, 15) is 0 Å². The molecule has 0 bridgehead atoms. The fraction of sp³-hybridized carbons (Fsp3) is 1.00. The number of aliphatic hydroxyl groups excluding tert-OH is 4. The predicted molar refractivity (Wildman–Crippen MR) is 30.0 cm³/mol. The lowest BCUT2D eigenvalue weighted by molar-refractivity contribution is -0.132. The van der Waals surface area contributed by atoms with Crippen molar-refractivity contribution in [3.63, 3.8) is 0 Å². The number of rotatable bonds is 1. The van der Waals surface area contributed by atoms with Gasteiger partial charge in [-0.05, 0) is 0 Å². The Morgan fingerprint density at radius 3 is 1.90 bits per heavy atom. The van der Waals surface area contributed by atoms with Crippen molar-refractivity contribution >= 4 is 0 Å². The van der Waals surface area contributed by atoms with Gasteiger partial charge in [-0.1, -0.05) is 0 Å². The molecule has 1 fully saturated rings. The van der Waals surface area contributed by atoms with Gasteiger partial charge in [0.2, 0.25) is 0 Å². The Morgan fingerprint density at radius 2 is 1.70 bits per heavy atom. The van der Waals surface area contributed by atoms with Crippen LogP contribution in [-0.4, -0.2) is 51.6 Å². The molecule has 0 spiro atoms.